The predicted octanol–water partition coefficient (Wildman–Crippen LogP) is -1.47. The van der Waals surface area contributed by atoms with E-state index < -0.39 is 10.0 Å². The summed E-state index contributed by atoms with van der Waals surface area (Å²) in [5.41, 5.74) is 2.15. The molecule has 0 bridgehead atoms. The standard InChI is InChI=1S/C16H18N3O2S.BrH/c1-17(2)22(20,21)15-8-6-14(7-9-15)13-19-12-11-18-10-4-3-5-16(18)19;/h3-12H,13H2,1-2H3;1H/q+1;/p-1. The Morgan fingerprint density at radius 3 is 2.39 bits per heavy atom. The van der Waals surface area contributed by atoms with Crippen molar-refractivity contribution in [3.63, 3.8) is 0 Å². The highest BCUT2D eigenvalue weighted by molar-refractivity contribution is 7.89. The minimum atomic E-state index is -3.37. The van der Waals surface area contributed by atoms with Gasteiger partial charge in [0.2, 0.25) is 10.0 Å². The molecule has 0 fully saturated rings. The minimum absolute atomic E-state index is 0. The molecule has 0 spiro atoms. The molecule has 5 nitrogen and oxygen atoms in total. The number of fused-ring (bicyclic) bond motifs is 1. The van der Waals surface area contributed by atoms with E-state index in [2.05, 4.69) is 4.57 Å². The van der Waals surface area contributed by atoms with E-state index in [0.717, 1.165) is 11.2 Å². The van der Waals surface area contributed by atoms with E-state index in [9.17, 15) is 8.42 Å². The summed E-state index contributed by atoms with van der Waals surface area (Å²) in [6, 6.07) is 13.1. The second-order valence-corrected chi connectivity index (χ2v) is 7.48. The van der Waals surface area contributed by atoms with Gasteiger partial charge in [-0.3, -0.25) is 0 Å². The molecule has 0 unspecified atom stereocenters. The minimum Gasteiger partial charge on any atom is -1.00 e. The molecule has 23 heavy (non-hydrogen) atoms. The zero-order valence-electron chi connectivity index (χ0n) is 12.9. The van der Waals surface area contributed by atoms with Crippen LogP contribution in [0.5, 0.6) is 0 Å². The van der Waals surface area contributed by atoms with Crippen LogP contribution in [0, 0.1) is 0 Å². The van der Waals surface area contributed by atoms with Crippen molar-refractivity contribution in [1.82, 2.24) is 8.71 Å². The maximum Gasteiger partial charge on any atom is 0.286 e. The van der Waals surface area contributed by atoms with Crippen molar-refractivity contribution in [2.45, 2.75) is 11.4 Å². The van der Waals surface area contributed by atoms with E-state index in [0.29, 0.717) is 11.4 Å². The van der Waals surface area contributed by atoms with E-state index in [1.54, 1.807) is 12.1 Å². The molecule has 1 aromatic carbocycles. The fourth-order valence-corrected chi connectivity index (χ4v) is 3.25. The molecule has 2 aromatic heterocycles. The number of benzene rings is 1. The molecule has 2 heterocycles. The SMILES string of the molecule is CN(C)S(=O)(=O)c1ccc(C[n+]2ccn3ccccc32)cc1.[Br-]. The molecule has 0 saturated heterocycles. The van der Waals surface area contributed by atoms with Crippen LogP contribution in [-0.4, -0.2) is 31.2 Å². The Hall–Kier alpha value is -1.70. The summed E-state index contributed by atoms with van der Waals surface area (Å²) in [6.45, 7) is 0.697. The van der Waals surface area contributed by atoms with Crippen LogP contribution in [-0.2, 0) is 16.6 Å². The molecular weight excluding hydrogens is 378 g/mol. The lowest BCUT2D eigenvalue weighted by atomic mass is 10.2. The molecule has 3 aromatic rings. The Morgan fingerprint density at radius 1 is 1.04 bits per heavy atom. The van der Waals surface area contributed by atoms with Gasteiger partial charge in [0.25, 0.3) is 5.65 Å². The predicted molar refractivity (Wildman–Crippen MR) is 84.0 cm³/mol. The van der Waals surface area contributed by atoms with Crippen LogP contribution in [0.3, 0.4) is 0 Å². The highest BCUT2D eigenvalue weighted by atomic mass is 79.9. The van der Waals surface area contributed by atoms with E-state index in [-0.39, 0.29) is 17.0 Å². The average molecular weight is 396 g/mol. The molecule has 0 radical (unpaired) electrons. The smallest absolute Gasteiger partial charge is 0.286 e. The van der Waals surface area contributed by atoms with Gasteiger partial charge in [-0.15, -0.1) is 0 Å². The van der Waals surface area contributed by atoms with Crippen LogP contribution in [0.15, 0.2) is 66.0 Å². The van der Waals surface area contributed by atoms with Gasteiger partial charge in [-0.25, -0.2) is 21.7 Å². The van der Waals surface area contributed by atoms with Gasteiger partial charge in [0.1, 0.15) is 18.9 Å². The van der Waals surface area contributed by atoms with Crippen LogP contribution < -0.4 is 21.5 Å². The lowest BCUT2D eigenvalue weighted by Crippen LogP contribution is -3.00. The van der Waals surface area contributed by atoms with E-state index in [4.69, 9.17) is 0 Å². The van der Waals surface area contributed by atoms with Crippen LogP contribution in [0.2, 0.25) is 0 Å². The Kier molecular flexibility index (Phi) is 5.23. The van der Waals surface area contributed by atoms with Crippen molar-refractivity contribution in [3.05, 3.63) is 66.6 Å². The van der Waals surface area contributed by atoms with Gasteiger partial charge < -0.3 is 17.0 Å². The molecule has 0 aliphatic carbocycles. The van der Waals surface area contributed by atoms with Crippen LogP contribution in [0.1, 0.15) is 5.56 Å². The van der Waals surface area contributed by atoms with Crippen LogP contribution in [0.4, 0.5) is 0 Å². The van der Waals surface area contributed by atoms with Crippen molar-refractivity contribution in [2.24, 2.45) is 0 Å². The second-order valence-electron chi connectivity index (χ2n) is 5.32. The Morgan fingerprint density at radius 2 is 1.74 bits per heavy atom. The third-order valence-corrected chi connectivity index (χ3v) is 5.45. The topological polar surface area (TPSA) is 45.7 Å². The van der Waals surface area contributed by atoms with Crippen molar-refractivity contribution in [1.29, 1.82) is 0 Å². The summed E-state index contributed by atoms with van der Waals surface area (Å²) in [7, 11) is -0.300. The lowest BCUT2D eigenvalue weighted by molar-refractivity contribution is -0.661. The summed E-state index contributed by atoms with van der Waals surface area (Å²) >= 11 is 0. The first-order chi connectivity index (χ1) is 10.5. The summed E-state index contributed by atoms with van der Waals surface area (Å²) in [5.74, 6) is 0. The highest BCUT2D eigenvalue weighted by Gasteiger charge is 2.17. The number of pyridine rings is 1. The fourth-order valence-electron chi connectivity index (χ4n) is 2.35. The summed E-state index contributed by atoms with van der Waals surface area (Å²) in [5, 5.41) is 0. The fraction of sp³-hybridized carbons (Fsp3) is 0.188. The van der Waals surface area contributed by atoms with Gasteiger partial charge in [-0.05, 0) is 23.8 Å². The van der Waals surface area contributed by atoms with Crippen LogP contribution >= 0.6 is 0 Å². The quantitative estimate of drug-likeness (QED) is 0.506. The van der Waals surface area contributed by atoms with Crippen molar-refractivity contribution in [3.8, 4) is 0 Å². The molecule has 122 valence electrons. The molecule has 0 amide bonds. The van der Waals surface area contributed by atoms with E-state index in [1.807, 2.05) is 53.3 Å². The van der Waals surface area contributed by atoms with Crippen LogP contribution in [0.25, 0.3) is 5.65 Å². The number of halogens is 1. The number of hydrogen-bond donors (Lipinski definition) is 0. The van der Waals surface area contributed by atoms with E-state index >= 15 is 0 Å². The van der Waals surface area contributed by atoms with Gasteiger partial charge in [-0.1, -0.05) is 18.2 Å². The first kappa shape index (κ1) is 17.7. The lowest BCUT2D eigenvalue weighted by Gasteiger charge is -2.11. The van der Waals surface area contributed by atoms with Gasteiger partial charge in [-0.2, -0.15) is 0 Å². The third-order valence-electron chi connectivity index (χ3n) is 3.62. The second kappa shape index (κ2) is 6.82. The summed E-state index contributed by atoms with van der Waals surface area (Å²) in [4.78, 5) is 0.313. The Labute approximate surface area is 146 Å². The Balaban J connectivity index is 0.00000192. The number of imidazole rings is 1. The van der Waals surface area contributed by atoms with Gasteiger partial charge in [0.15, 0.2) is 0 Å². The largest absolute Gasteiger partial charge is 1.00 e. The van der Waals surface area contributed by atoms with Crippen molar-refractivity contribution >= 4 is 15.7 Å². The maximum atomic E-state index is 12.1. The monoisotopic (exact) mass is 395 g/mol. The van der Waals surface area contributed by atoms with Crippen molar-refractivity contribution in [2.75, 3.05) is 14.1 Å². The number of sulfonamides is 1. The number of rotatable bonds is 4. The zero-order valence-corrected chi connectivity index (χ0v) is 15.3. The van der Waals surface area contributed by atoms with Gasteiger partial charge in [0.05, 0.1) is 11.1 Å². The molecule has 0 atom stereocenters. The number of nitrogens with zero attached hydrogens (tertiary/aromatic N) is 3. The molecule has 0 aliphatic heterocycles. The molecular formula is C16H18BrN3O2S. The Bertz CT molecular complexity index is 902. The molecule has 0 saturated carbocycles. The average Bonchev–Trinajstić information content (AvgIpc) is 2.91. The zero-order chi connectivity index (χ0) is 15.7. The van der Waals surface area contributed by atoms with Gasteiger partial charge >= 0.3 is 0 Å². The normalized spacial score (nSPS) is 11.6. The van der Waals surface area contributed by atoms with Gasteiger partial charge in [0, 0.05) is 20.2 Å². The third kappa shape index (κ3) is 3.46. The highest BCUT2D eigenvalue weighted by Crippen LogP contribution is 2.14. The number of hydrogen-bond acceptors (Lipinski definition) is 2. The van der Waals surface area contributed by atoms with E-state index in [1.165, 1.54) is 18.4 Å². The summed E-state index contributed by atoms with van der Waals surface area (Å²) < 4.78 is 29.5. The molecule has 7 heteroatoms. The van der Waals surface area contributed by atoms with Crippen molar-refractivity contribution < 1.29 is 30.0 Å². The first-order valence-corrected chi connectivity index (χ1v) is 8.39. The first-order valence-electron chi connectivity index (χ1n) is 6.95. The molecule has 3 rings (SSSR count). The molecule has 0 N–H and O–H groups in total. The molecule has 0 aliphatic rings. The number of aromatic nitrogens is 2. The maximum absolute atomic E-state index is 12.1. The summed E-state index contributed by atoms with van der Waals surface area (Å²) in [6.07, 6.45) is 6.01.